The zero-order valence-electron chi connectivity index (χ0n) is 25.8. The van der Waals surface area contributed by atoms with E-state index in [1.807, 2.05) is 42.2 Å². The van der Waals surface area contributed by atoms with Gasteiger partial charge >= 0.3 is 5.97 Å². The minimum absolute atomic E-state index is 0.107. The number of carboxylic acid groups (broad SMARTS) is 1. The van der Waals surface area contributed by atoms with Gasteiger partial charge in [0.25, 0.3) is 0 Å². The van der Waals surface area contributed by atoms with Crippen LogP contribution < -0.4 is 9.64 Å². The van der Waals surface area contributed by atoms with E-state index in [-0.39, 0.29) is 11.7 Å². The van der Waals surface area contributed by atoms with Crippen molar-refractivity contribution < 1.29 is 19.4 Å². The summed E-state index contributed by atoms with van der Waals surface area (Å²) >= 11 is 0. The number of hydrogen-bond acceptors (Lipinski definition) is 8. The first-order valence-corrected chi connectivity index (χ1v) is 15.7. The first kappa shape index (κ1) is 29.2. The molecule has 0 aliphatic carbocycles. The summed E-state index contributed by atoms with van der Waals surface area (Å²) in [6.45, 7) is 8.59. The van der Waals surface area contributed by atoms with E-state index in [1.165, 1.54) is 0 Å². The number of aryl methyl sites for hydroxylation is 1. The summed E-state index contributed by atoms with van der Waals surface area (Å²) in [4.78, 5) is 26.2. The highest BCUT2D eigenvalue weighted by atomic mass is 16.5. The molecule has 0 saturated carbocycles. The minimum Gasteiger partial charge on any atom is -0.478 e. The van der Waals surface area contributed by atoms with Crippen LogP contribution in [0.4, 0.5) is 5.82 Å². The fourth-order valence-electron chi connectivity index (χ4n) is 6.42. The summed E-state index contributed by atoms with van der Waals surface area (Å²) in [5.74, 6) is 2.05. The molecular formula is C34H39N7O4. The molecule has 45 heavy (non-hydrogen) atoms. The van der Waals surface area contributed by atoms with E-state index in [0.29, 0.717) is 24.9 Å². The molecular weight excluding hydrogens is 570 g/mol. The van der Waals surface area contributed by atoms with Gasteiger partial charge in [0.05, 0.1) is 41.0 Å². The summed E-state index contributed by atoms with van der Waals surface area (Å²) in [5, 5.41) is 15.0. The van der Waals surface area contributed by atoms with Crippen molar-refractivity contribution in [3.8, 4) is 5.88 Å². The van der Waals surface area contributed by atoms with Crippen LogP contribution in [0.1, 0.15) is 35.1 Å². The summed E-state index contributed by atoms with van der Waals surface area (Å²) in [7, 11) is 1.94. The van der Waals surface area contributed by atoms with Crippen LogP contribution in [0.15, 0.2) is 60.8 Å². The Balaban J connectivity index is 0.973. The Kier molecular flexibility index (Phi) is 8.12. The third-order valence-electron chi connectivity index (χ3n) is 9.23. The van der Waals surface area contributed by atoms with Gasteiger partial charge in [0.1, 0.15) is 18.2 Å². The van der Waals surface area contributed by atoms with Gasteiger partial charge in [0, 0.05) is 64.3 Å². The molecule has 5 heterocycles. The lowest BCUT2D eigenvalue weighted by Crippen LogP contribution is -2.47. The molecule has 11 heteroatoms. The predicted molar refractivity (Wildman–Crippen MR) is 172 cm³/mol. The fraction of sp³-hybridized carbons (Fsp3) is 0.412. The second-order valence-corrected chi connectivity index (χ2v) is 12.2. The van der Waals surface area contributed by atoms with Gasteiger partial charge in [-0.1, -0.05) is 25.1 Å². The molecule has 11 nitrogen and oxygen atoms in total. The molecule has 2 saturated heterocycles. The molecule has 2 aliphatic heterocycles. The molecule has 5 aromatic rings. The average molecular weight is 610 g/mol. The molecule has 2 atom stereocenters. The number of pyridine rings is 1. The van der Waals surface area contributed by atoms with Crippen molar-refractivity contribution in [1.29, 1.82) is 0 Å². The third kappa shape index (κ3) is 6.23. The van der Waals surface area contributed by atoms with E-state index in [4.69, 9.17) is 19.4 Å². The average Bonchev–Trinajstić information content (AvgIpc) is 3.75. The van der Waals surface area contributed by atoms with Crippen molar-refractivity contribution in [3.05, 3.63) is 77.7 Å². The number of piperazine rings is 1. The standard InChI is InChI=1S/C34H39N7O4/c1-23-11-17-44-30(23)21-41-29-19-25(34(42)43)8-9-27(29)36-32(41)10-12-39-13-15-40(16-14-39)31-4-3-5-33(37-31)45-22-24-6-7-26-20-35-38(2)28(26)18-24/h3-9,18-20,23,30H,10-17,21-22H2,1-2H3,(H,42,43)/t23?,30-/m1/s1. The molecule has 0 spiro atoms. The van der Waals surface area contributed by atoms with Crippen LogP contribution in [0, 0.1) is 5.92 Å². The van der Waals surface area contributed by atoms with Crippen LogP contribution in [-0.4, -0.2) is 85.7 Å². The first-order valence-electron chi connectivity index (χ1n) is 15.7. The monoisotopic (exact) mass is 609 g/mol. The van der Waals surface area contributed by atoms with Crippen LogP contribution in [0.5, 0.6) is 5.88 Å². The molecule has 0 radical (unpaired) electrons. The van der Waals surface area contributed by atoms with Gasteiger partial charge in [-0.15, -0.1) is 0 Å². The van der Waals surface area contributed by atoms with Crippen LogP contribution in [-0.2, 0) is 31.4 Å². The Morgan fingerprint density at radius 3 is 2.71 bits per heavy atom. The number of hydrogen-bond donors (Lipinski definition) is 1. The lowest BCUT2D eigenvalue weighted by atomic mass is 10.0. The number of rotatable bonds is 10. The van der Waals surface area contributed by atoms with E-state index in [0.717, 1.165) is 91.3 Å². The SMILES string of the molecule is CC1CCO[C@@H]1Cn1c(CCN2CCN(c3cccc(OCc4ccc5cnn(C)c5c4)n3)CC2)nc2ccc(C(=O)O)cc21. The lowest BCUT2D eigenvalue weighted by molar-refractivity contribution is 0.0697. The number of anilines is 1. The molecule has 2 fully saturated rings. The molecule has 2 aliphatic rings. The molecule has 1 N–H and O–H groups in total. The van der Waals surface area contributed by atoms with Crippen molar-refractivity contribution in [3.63, 3.8) is 0 Å². The third-order valence-corrected chi connectivity index (χ3v) is 9.23. The van der Waals surface area contributed by atoms with E-state index in [1.54, 1.807) is 12.1 Å². The summed E-state index contributed by atoms with van der Waals surface area (Å²) in [6.07, 6.45) is 3.80. The molecule has 7 rings (SSSR count). The Bertz CT molecular complexity index is 1820. The topological polar surface area (TPSA) is 111 Å². The van der Waals surface area contributed by atoms with Crippen LogP contribution in [0.25, 0.3) is 21.9 Å². The Morgan fingerprint density at radius 2 is 1.91 bits per heavy atom. The van der Waals surface area contributed by atoms with Crippen LogP contribution >= 0.6 is 0 Å². The molecule has 1 unspecified atom stereocenters. The number of imidazole rings is 1. The first-order chi connectivity index (χ1) is 21.9. The number of nitrogens with zero attached hydrogens (tertiary/aromatic N) is 7. The minimum atomic E-state index is -0.927. The smallest absolute Gasteiger partial charge is 0.335 e. The zero-order valence-corrected chi connectivity index (χ0v) is 25.8. The van der Waals surface area contributed by atoms with Crippen molar-refractivity contribution in [2.45, 2.75) is 39.0 Å². The van der Waals surface area contributed by atoms with Gasteiger partial charge in [-0.2, -0.15) is 10.1 Å². The Hall–Kier alpha value is -4.48. The quantitative estimate of drug-likeness (QED) is 0.247. The van der Waals surface area contributed by atoms with Gasteiger partial charge < -0.3 is 24.0 Å². The number of ether oxygens (including phenoxy) is 2. The van der Waals surface area contributed by atoms with Gasteiger partial charge in [0.15, 0.2) is 0 Å². The second kappa shape index (κ2) is 12.5. The number of carbonyl (C=O) groups is 1. The number of carboxylic acids is 1. The zero-order chi connectivity index (χ0) is 30.9. The molecule has 0 bridgehead atoms. The highest BCUT2D eigenvalue weighted by Gasteiger charge is 2.27. The van der Waals surface area contributed by atoms with Crippen molar-refractivity contribution in [2.24, 2.45) is 13.0 Å². The fourth-order valence-corrected chi connectivity index (χ4v) is 6.42. The van der Waals surface area contributed by atoms with Gasteiger partial charge in [-0.3, -0.25) is 9.58 Å². The Labute approximate surface area is 262 Å². The van der Waals surface area contributed by atoms with E-state index >= 15 is 0 Å². The highest BCUT2D eigenvalue weighted by Crippen LogP contribution is 2.26. The molecule has 3 aromatic heterocycles. The molecule has 234 valence electrons. The second-order valence-electron chi connectivity index (χ2n) is 12.2. The van der Waals surface area contributed by atoms with Crippen molar-refractivity contribution in [1.82, 2.24) is 29.2 Å². The normalized spacial score (nSPS) is 19.1. The van der Waals surface area contributed by atoms with Crippen molar-refractivity contribution >= 4 is 33.7 Å². The van der Waals surface area contributed by atoms with E-state index in [9.17, 15) is 9.90 Å². The number of benzene rings is 2. The summed E-state index contributed by atoms with van der Waals surface area (Å²) in [6, 6.07) is 17.4. The van der Waals surface area contributed by atoms with Gasteiger partial charge in [-0.25, -0.2) is 9.78 Å². The van der Waals surface area contributed by atoms with Crippen LogP contribution in [0.3, 0.4) is 0 Å². The van der Waals surface area contributed by atoms with E-state index in [2.05, 4.69) is 44.6 Å². The predicted octanol–water partition coefficient (Wildman–Crippen LogP) is 4.38. The maximum Gasteiger partial charge on any atom is 0.335 e. The molecule has 2 aromatic carbocycles. The number of aromatic carboxylic acids is 1. The highest BCUT2D eigenvalue weighted by molar-refractivity contribution is 5.92. The van der Waals surface area contributed by atoms with E-state index < -0.39 is 5.97 Å². The number of fused-ring (bicyclic) bond motifs is 2. The largest absolute Gasteiger partial charge is 0.478 e. The Morgan fingerprint density at radius 1 is 1.04 bits per heavy atom. The number of aromatic nitrogens is 5. The molecule has 0 amide bonds. The summed E-state index contributed by atoms with van der Waals surface area (Å²) in [5.41, 5.74) is 4.13. The van der Waals surface area contributed by atoms with Crippen LogP contribution in [0.2, 0.25) is 0 Å². The maximum absolute atomic E-state index is 11.7. The maximum atomic E-state index is 11.7. The van der Waals surface area contributed by atoms with Crippen molar-refractivity contribution in [2.75, 3.05) is 44.2 Å². The summed E-state index contributed by atoms with van der Waals surface area (Å²) < 4.78 is 16.2. The lowest BCUT2D eigenvalue weighted by Gasteiger charge is -2.35. The van der Waals surface area contributed by atoms with Gasteiger partial charge in [0.2, 0.25) is 5.88 Å². The van der Waals surface area contributed by atoms with Gasteiger partial charge in [-0.05, 0) is 48.2 Å².